The van der Waals surface area contributed by atoms with Crippen LogP contribution in [-0.4, -0.2) is 15.7 Å². The molecular weight excluding hydrogens is 380 g/mol. The van der Waals surface area contributed by atoms with Gasteiger partial charge in [-0.1, -0.05) is 48.5 Å². The monoisotopic (exact) mass is 400 g/mol. The summed E-state index contributed by atoms with van der Waals surface area (Å²) < 4.78 is 7.23. The van der Waals surface area contributed by atoms with Gasteiger partial charge in [0.05, 0.1) is 10.6 Å². The highest BCUT2D eigenvalue weighted by Gasteiger charge is 2.12. The molecule has 4 aromatic rings. The lowest BCUT2D eigenvalue weighted by atomic mass is 10.1. The van der Waals surface area contributed by atoms with Gasteiger partial charge in [0.25, 0.3) is 0 Å². The molecule has 0 bridgehead atoms. The number of rotatable bonds is 6. The Bertz CT molecular complexity index is 1130. The summed E-state index contributed by atoms with van der Waals surface area (Å²) in [6.07, 6.45) is 5.15. The van der Waals surface area contributed by atoms with Crippen LogP contribution in [0.5, 0.6) is 0 Å². The van der Waals surface area contributed by atoms with Crippen molar-refractivity contribution in [1.29, 1.82) is 0 Å². The maximum Gasteiger partial charge on any atom is 0.331 e. The molecule has 2 aromatic carbocycles. The number of para-hydroxylation sites is 1. The van der Waals surface area contributed by atoms with Crippen LogP contribution in [0.4, 0.5) is 0 Å². The van der Waals surface area contributed by atoms with Gasteiger partial charge in [-0.15, -0.1) is 11.3 Å². The first-order valence-corrected chi connectivity index (χ1v) is 10.2. The zero-order valence-corrected chi connectivity index (χ0v) is 16.8. The highest BCUT2D eigenvalue weighted by Crippen LogP contribution is 2.28. The molecule has 5 heteroatoms. The van der Waals surface area contributed by atoms with E-state index in [1.165, 1.54) is 6.08 Å². The van der Waals surface area contributed by atoms with Crippen molar-refractivity contribution in [2.75, 3.05) is 0 Å². The molecule has 144 valence electrons. The van der Waals surface area contributed by atoms with Gasteiger partial charge in [-0.25, -0.2) is 9.48 Å². The summed E-state index contributed by atoms with van der Waals surface area (Å²) in [6.45, 7) is 2.27. The van der Waals surface area contributed by atoms with Gasteiger partial charge in [-0.2, -0.15) is 5.10 Å². The van der Waals surface area contributed by atoms with Crippen LogP contribution in [0, 0.1) is 6.92 Å². The van der Waals surface area contributed by atoms with Gasteiger partial charge in [0.1, 0.15) is 12.3 Å². The summed E-state index contributed by atoms with van der Waals surface area (Å²) in [4.78, 5) is 13.3. The Morgan fingerprint density at radius 1 is 1.07 bits per heavy atom. The topological polar surface area (TPSA) is 44.1 Å². The van der Waals surface area contributed by atoms with Crippen LogP contribution in [0.1, 0.15) is 16.7 Å². The molecule has 0 amide bonds. The summed E-state index contributed by atoms with van der Waals surface area (Å²) in [5.41, 5.74) is 4.78. The van der Waals surface area contributed by atoms with E-state index in [1.807, 2.05) is 89.9 Å². The number of hydrogen-bond donors (Lipinski definition) is 0. The number of carbonyl (C=O) groups excluding carboxylic acids is 1. The first-order chi connectivity index (χ1) is 14.2. The van der Waals surface area contributed by atoms with Crippen molar-refractivity contribution in [3.05, 3.63) is 101 Å². The molecule has 2 aromatic heterocycles. The molecule has 0 unspecified atom stereocenters. The lowest BCUT2D eigenvalue weighted by Crippen LogP contribution is -2.01. The molecule has 2 heterocycles. The standard InChI is InChI=1S/C24H20N2O2S/c1-18-8-5-6-9-20(18)17-28-23(27)14-13-19-16-26(21-10-3-2-4-11-21)25-24(19)22-12-7-15-29-22/h2-16H,17H2,1H3/b14-13+. The van der Waals surface area contributed by atoms with Gasteiger partial charge in [0.15, 0.2) is 0 Å². The van der Waals surface area contributed by atoms with E-state index in [4.69, 9.17) is 9.84 Å². The van der Waals surface area contributed by atoms with Crippen molar-refractivity contribution >= 4 is 23.4 Å². The molecule has 0 saturated carbocycles. The number of aryl methyl sites for hydroxylation is 1. The Morgan fingerprint density at radius 3 is 2.62 bits per heavy atom. The van der Waals surface area contributed by atoms with E-state index in [-0.39, 0.29) is 12.6 Å². The molecule has 0 radical (unpaired) electrons. The minimum absolute atomic E-state index is 0.261. The van der Waals surface area contributed by atoms with Crippen molar-refractivity contribution in [3.63, 3.8) is 0 Å². The molecule has 0 fully saturated rings. The van der Waals surface area contributed by atoms with Crippen molar-refractivity contribution in [3.8, 4) is 16.3 Å². The lowest BCUT2D eigenvalue weighted by molar-refractivity contribution is -0.138. The van der Waals surface area contributed by atoms with E-state index in [0.29, 0.717) is 0 Å². The number of carbonyl (C=O) groups is 1. The number of hydrogen-bond acceptors (Lipinski definition) is 4. The van der Waals surface area contributed by atoms with E-state index < -0.39 is 0 Å². The predicted octanol–water partition coefficient (Wildman–Crippen LogP) is 5.67. The molecule has 0 aliphatic heterocycles. The number of benzene rings is 2. The summed E-state index contributed by atoms with van der Waals surface area (Å²) in [5, 5.41) is 6.74. The van der Waals surface area contributed by atoms with Crippen molar-refractivity contribution in [2.45, 2.75) is 13.5 Å². The van der Waals surface area contributed by atoms with Gasteiger partial charge >= 0.3 is 5.97 Å². The lowest BCUT2D eigenvalue weighted by Gasteiger charge is -2.05. The van der Waals surface area contributed by atoms with Gasteiger partial charge in [-0.3, -0.25) is 0 Å². The van der Waals surface area contributed by atoms with Gasteiger partial charge in [-0.05, 0) is 47.7 Å². The second-order valence-electron chi connectivity index (χ2n) is 6.56. The van der Waals surface area contributed by atoms with Crippen LogP contribution in [0.3, 0.4) is 0 Å². The van der Waals surface area contributed by atoms with Gasteiger partial charge in [0.2, 0.25) is 0 Å². The van der Waals surface area contributed by atoms with Crippen LogP contribution in [0.25, 0.3) is 22.3 Å². The minimum atomic E-state index is -0.377. The third-order valence-corrected chi connectivity index (χ3v) is 5.42. The Labute approximate surface area is 173 Å². The molecule has 4 nitrogen and oxygen atoms in total. The van der Waals surface area contributed by atoms with E-state index in [1.54, 1.807) is 17.4 Å². The number of nitrogens with zero attached hydrogens (tertiary/aromatic N) is 2. The third-order valence-electron chi connectivity index (χ3n) is 4.55. The van der Waals surface area contributed by atoms with Crippen LogP contribution in [-0.2, 0) is 16.1 Å². The fraction of sp³-hybridized carbons (Fsp3) is 0.0833. The number of thiophene rings is 1. The highest BCUT2D eigenvalue weighted by atomic mass is 32.1. The third kappa shape index (κ3) is 4.52. The Balaban J connectivity index is 1.54. The summed E-state index contributed by atoms with van der Waals surface area (Å²) in [5.74, 6) is -0.377. The number of aromatic nitrogens is 2. The second kappa shape index (κ2) is 8.71. The normalized spacial score (nSPS) is 11.1. The van der Waals surface area contributed by atoms with Crippen LogP contribution in [0.2, 0.25) is 0 Å². The van der Waals surface area contributed by atoms with Crippen LogP contribution >= 0.6 is 11.3 Å². The summed E-state index contributed by atoms with van der Waals surface area (Å²) in [7, 11) is 0. The van der Waals surface area contributed by atoms with Gasteiger partial charge in [0, 0.05) is 17.8 Å². The first kappa shape index (κ1) is 18.9. The fourth-order valence-electron chi connectivity index (χ4n) is 2.95. The molecule has 0 aliphatic rings. The number of esters is 1. The molecule has 0 spiro atoms. The Morgan fingerprint density at radius 2 is 1.86 bits per heavy atom. The Hall–Kier alpha value is -3.44. The molecule has 0 saturated heterocycles. The van der Waals surface area contributed by atoms with Crippen molar-refractivity contribution < 1.29 is 9.53 Å². The van der Waals surface area contributed by atoms with Crippen LogP contribution in [0.15, 0.2) is 84.4 Å². The average molecular weight is 401 g/mol. The average Bonchev–Trinajstić information content (AvgIpc) is 3.42. The van der Waals surface area contributed by atoms with Crippen molar-refractivity contribution in [2.24, 2.45) is 0 Å². The van der Waals surface area contributed by atoms with E-state index in [9.17, 15) is 4.79 Å². The smallest absolute Gasteiger partial charge is 0.331 e. The van der Waals surface area contributed by atoms with Crippen molar-refractivity contribution in [1.82, 2.24) is 9.78 Å². The Kier molecular flexibility index (Phi) is 5.68. The minimum Gasteiger partial charge on any atom is -0.458 e. The fourth-order valence-corrected chi connectivity index (χ4v) is 3.69. The van der Waals surface area contributed by atoms with E-state index in [0.717, 1.165) is 32.9 Å². The highest BCUT2D eigenvalue weighted by molar-refractivity contribution is 7.13. The first-order valence-electron chi connectivity index (χ1n) is 9.29. The van der Waals surface area contributed by atoms with Crippen LogP contribution < -0.4 is 0 Å². The molecule has 4 rings (SSSR count). The summed E-state index contributed by atoms with van der Waals surface area (Å²) in [6, 6.07) is 21.8. The van der Waals surface area contributed by atoms with Gasteiger partial charge < -0.3 is 4.74 Å². The summed E-state index contributed by atoms with van der Waals surface area (Å²) >= 11 is 1.62. The van der Waals surface area contributed by atoms with E-state index >= 15 is 0 Å². The maximum absolute atomic E-state index is 12.2. The second-order valence-corrected chi connectivity index (χ2v) is 7.51. The molecule has 0 atom stereocenters. The zero-order valence-electron chi connectivity index (χ0n) is 16.0. The number of ether oxygens (including phenoxy) is 1. The predicted molar refractivity (Wildman–Crippen MR) is 117 cm³/mol. The molecule has 0 aliphatic carbocycles. The molecule has 0 N–H and O–H groups in total. The zero-order chi connectivity index (χ0) is 20.1. The van der Waals surface area contributed by atoms with E-state index in [2.05, 4.69) is 0 Å². The molecular formula is C24H20N2O2S. The quantitative estimate of drug-likeness (QED) is 0.310. The SMILES string of the molecule is Cc1ccccc1COC(=O)/C=C/c1cn(-c2ccccc2)nc1-c1cccs1. The maximum atomic E-state index is 12.2. The molecule has 29 heavy (non-hydrogen) atoms. The largest absolute Gasteiger partial charge is 0.458 e.